The summed E-state index contributed by atoms with van der Waals surface area (Å²) in [5.41, 5.74) is 1.07. The molecule has 3 rings (SSSR count). The summed E-state index contributed by atoms with van der Waals surface area (Å²) >= 11 is 8.70. The molecule has 1 aromatic carbocycles. The van der Waals surface area contributed by atoms with Gasteiger partial charge >= 0.3 is 5.88 Å². The van der Waals surface area contributed by atoms with Crippen molar-refractivity contribution < 1.29 is 9.34 Å². The fourth-order valence-electron chi connectivity index (χ4n) is 1.92. The number of furan rings is 1. The van der Waals surface area contributed by atoms with Crippen LogP contribution >= 0.6 is 28.1 Å². The molecule has 0 N–H and O–H groups in total. The van der Waals surface area contributed by atoms with E-state index in [1.54, 1.807) is 10.9 Å². The molecule has 0 aliphatic carbocycles. The number of hydrogen-bond acceptors (Lipinski definition) is 6. The quantitative estimate of drug-likeness (QED) is 0.278. The molecule has 0 fully saturated rings. The minimum atomic E-state index is -0.615. The van der Waals surface area contributed by atoms with Crippen LogP contribution < -0.4 is 0 Å². The molecule has 0 amide bonds. The average Bonchev–Trinajstić information content (AvgIpc) is 3.16. The highest BCUT2D eigenvalue weighted by Crippen LogP contribution is 2.14. The Balaban J connectivity index is 1.76. The molecule has 122 valence electrons. The maximum absolute atomic E-state index is 10.6. The van der Waals surface area contributed by atoms with Gasteiger partial charge in [-0.2, -0.15) is 5.10 Å². The third-order valence-corrected chi connectivity index (χ3v) is 4.00. The first-order valence-corrected chi connectivity index (χ1v) is 7.90. The fourth-order valence-corrected chi connectivity index (χ4v) is 2.39. The lowest BCUT2D eigenvalue weighted by Crippen LogP contribution is -2.00. The van der Waals surface area contributed by atoms with Gasteiger partial charge in [0.05, 0.1) is 18.8 Å². The molecular formula is C14H10BrN5O3S. The zero-order valence-corrected chi connectivity index (χ0v) is 14.5. The van der Waals surface area contributed by atoms with Crippen LogP contribution in [0.3, 0.4) is 0 Å². The lowest BCUT2D eigenvalue weighted by atomic mass is 10.2. The monoisotopic (exact) mass is 407 g/mol. The highest BCUT2D eigenvalue weighted by atomic mass is 79.9. The highest BCUT2D eigenvalue weighted by molar-refractivity contribution is 9.10. The SMILES string of the molecule is O=[N+]([O-])c1ccc(/C=N/n2ncn(Cc3ccc(Br)cc3)c2=S)o1. The van der Waals surface area contributed by atoms with Crippen LogP contribution in [0, 0.1) is 14.9 Å². The molecule has 0 saturated heterocycles. The van der Waals surface area contributed by atoms with Crippen molar-refractivity contribution in [3.63, 3.8) is 0 Å². The molecule has 2 aromatic heterocycles. The number of aromatic nitrogens is 3. The van der Waals surface area contributed by atoms with Crippen LogP contribution in [0.15, 0.2) is 56.7 Å². The number of halogens is 1. The molecule has 0 radical (unpaired) electrons. The van der Waals surface area contributed by atoms with Crippen molar-refractivity contribution in [3.8, 4) is 0 Å². The summed E-state index contributed by atoms with van der Waals surface area (Å²) in [5, 5.41) is 18.7. The Morgan fingerprint density at radius 1 is 1.33 bits per heavy atom. The summed E-state index contributed by atoms with van der Waals surface area (Å²) in [6.45, 7) is 0.563. The molecule has 0 atom stereocenters. The number of nitrogens with zero attached hydrogens (tertiary/aromatic N) is 5. The van der Waals surface area contributed by atoms with E-state index >= 15 is 0 Å². The fraction of sp³-hybridized carbons (Fsp3) is 0.0714. The van der Waals surface area contributed by atoms with Crippen molar-refractivity contribution in [3.05, 3.63) is 73.4 Å². The molecule has 10 heteroatoms. The van der Waals surface area contributed by atoms with Gasteiger partial charge in [0.1, 0.15) is 11.3 Å². The largest absolute Gasteiger partial charge is 0.433 e. The molecule has 0 aliphatic rings. The Morgan fingerprint density at radius 3 is 2.75 bits per heavy atom. The number of rotatable bonds is 5. The molecule has 3 aromatic rings. The van der Waals surface area contributed by atoms with Crippen LogP contribution in [0.1, 0.15) is 11.3 Å². The summed E-state index contributed by atoms with van der Waals surface area (Å²) in [7, 11) is 0. The zero-order chi connectivity index (χ0) is 17.1. The maximum Gasteiger partial charge on any atom is 0.433 e. The van der Waals surface area contributed by atoms with E-state index in [0.717, 1.165) is 10.0 Å². The van der Waals surface area contributed by atoms with E-state index < -0.39 is 4.92 Å². The first-order valence-electron chi connectivity index (χ1n) is 6.70. The predicted molar refractivity (Wildman–Crippen MR) is 92.6 cm³/mol. The molecule has 2 heterocycles. The van der Waals surface area contributed by atoms with Gasteiger partial charge in [0.15, 0.2) is 5.76 Å². The van der Waals surface area contributed by atoms with Crippen molar-refractivity contribution in [1.29, 1.82) is 0 Å². The molecular weight excluding hydrogens is 398 g/mol. The first-order chi connectivity index (χ1) is 11.5. The van der Waals surface area contributed by atoms with Gasteiger partial charge in [-0.25, -0.2) is 0 Å². The summed E-state index contributed by atoms with van der Waals surface area (Å²) in [6.07, 6.45) is 2.89. The Bertz CT molecular complexity index is 957. The zero-order valence-electron chi connectivity index (χ0n) is 12.1. The Kier molecular flexibility index (Phi) is 4.67. The van der Waals surface area contributed by atoms with Gasteiger partial charge in [-0.05, 0) is 36.0 Å². The van der Waals surface area contributed by atoms with E-state index in [0.29, 0.717) is 11.3 Å². The van der Waals surface area contributed by atoms with Crippen LogP contribution in [0.5, 0.6) is 0 Å². The number of hydrogen-bond donors (Lipinski definition) is 0. The van der Waals surface area contributed by atoms with Crippen molar-refractivity contribution in [1.82, 2.24) is 14.5 Å². The molecule has 24 heavy (non-hydrogen) atoms. The molecule has 0 saturated carbocycles. The first kappa shape index (κ1) is 16.3. The van der Waals surface area contributed by atoms with Gasteiger partial charge in [0.2, 0.25) is 4.77 Å². The predicted octanol–water partition coefficient (Wildman–Crippen LogP) is 3.61. The lowest BCUT2D eigenvalue weighted by Gasteiger charge is -2.01. The van der Waals surface area contributed by atoms with Crippen LogP contribution in [0.25, 0.3) is 0 Å². The van der Waals surface area contributed by atoms with Gasteiger partial charge in [-0.3, -0.25) is 10.1 Å². The number of nitro groups is 1. The van der Waals surface area contributed by atoms with Crippen molar-refractivity contribution in [2.45, 2.75) is 6.54 Å². The van der Waals surface area contributed by atoms with Gasteiger partial charge in [0.25, 0.3) is 0 Å². The Hall–Kier alpha value is -2.59. The highest BCUT2D eigenvalue weighted by Gasteiger charge is 2.10. The third kappa shape index (κ3) is 3.66. The minimum absolute atomic E-state index is 0.242. The maximum atomic E-state index is 10.6. The van der Waals surface area contributed by atoms with Crippen LogP contribution in [0.2, 0.25) is 0 Å². The van der Waals surface area contributed by atoms with Gasteiger partial charge in [-0.15, -0.1) is 9.89 Å². The van der Waals surface area contributed by atoms with Crippen LogP contribution in [-0.2, 0) is 6.54 Å². The van der Waals surface area contributed by atoms with E-state index in [4.69, 9.17) is 16.6 Å². The van der Waals surface area contributed by atoms with E-state index in [1.165, 1.54) is 23.1 Å². The molecule has 0 bridgehead atoms. The Labute approximate surface area is 149 Å². The van der Waals surface area contributed by atoms with E-state index in [1.807, 2.05) is 24.3 Å². The molecule has 8 nitrogen and oxygen atoms in total. The average molecular weight is 408 g/mol. The molecule has 0 spiro atoms. The smallest absolute Gasteiger partial charge is 0.400 e. The second-order valence-electron chi connectivity index (χ2n) is 4.74. The number of benzene rings is 1. The topological polar surface area (TPSA) is 91.4 Å². The van der Waals surface area contributed by atoms with Gasteiger partial charge in [-0.1, -0.05) is 28.1 Å². The van der Waals surface area contributed by atoms with Gasteiger partial charge < -0.3 is 8.98 Å². The van der Waals surface area contributed by atoms with Crippen molar-refractivity contribution in [2.75, 3.05) is 0 Å². The van der Waals surface area contributed by atoms with Gasteiger partial charge in [0, 0.05) is 4.47 Å². The van der Waals surface area contributed by atoms with Crippen molar-refractivity contribution >= 4 is 40.2 Å². The van der Waals surface area contributed by atoms with Crippen LogP contribution in [0.4, 0.5) is 5.88 Å². The summed E-state index contributed by atoms with van der Waals surface area (Å²) in [4.78, 5) is 11.2. The second kappa shape index (κ2) is 6.89. The van der Waals surface area contributed by atoms with Crippen LogP contribution in [-0.4, -0.2) is 25.6 Å². The van der Waals surface area contributed by atoms with Crippen molar-refractivity contribution in [2.24, 2.45) is 5.10 Å². The normalized spacial score (nSPS) is 11.2. The summed E-state index contributed by atoms with van der Waals surface area (Å²) in [5.74, 6) is -0.105. The summed E-state index contributed by atoms with van der Waals surface area (Å²) in [6, 6.07) is 10.6. The summed E-state index contributed by atoms with van der Waals surface area (Å²) < 4.78 is 8.15. The van der Waals surface area contributed by atoms with E-state index in [9.17, 15) is 10.1 Å². The minimum Gasteiger partial charge on any atom is -0.400 e. The van der Waals surface area contributed by atoms with E-state index in [-0.39, 0.29) is 11.6 Å². The lowest BCUT2D eigenvalue weighted by molar-refractivity contribution is -0.402. The second-order valence-corrected chi connectivity index (χ2v) is 6.02. The third-order valence-electron chi connectivity index (χ3n) is 3.07. The van der Waals surface area contributed by atoms with E-state index in [2.05, 4.69) is 26.1 Å². The Morgan fingerprint density at radius 2 is 2.08 bits per heavy atom. The standard InChI is InChI=1S/C14H10BrN5O3S/c15-11-3-1-10(2-4-11)8-18-9-17-19(14(18)24)16-7-12-5-6-13(23-12)20(21)22/h1-7,9H,8H2/b16-7+. The molecule has 0 unspecified atom stereocenters. The molecule has 0 aliphatic heterocycles.